The van der Waals surface area contributed by atoms with Crippen LogP contribution in [0.25, 0.3) is 0 Å². The van der Waals surface area contributed by atoms with Crippen molar-refractivity contribution in [3.8, 4) is 0 Å². The number of rotatable bonds is 17. The first-order chi connectivity index (χ1) is 12.6. The van der Waals surface area contributed by atoms with Crippen LogP contribution in [0.4, 0.5) is 0 Å². The van der Waals surface area contributed by atoms with Crippen molar-refractivity contribution in [2.75, 3.05) is 6.61 Å². The van der Waals surface area contributed by atoms with E-state index in [1.807, 2.05) is 0 Å². The van der Waals surface area contributed by atoms with Gasteiger partial charge in [0.15, 0.2) is 5.90 Å². The molecule has 0 bridgehead atoms. The van der Waals surface area contributed by atoms with E-state index in [1.54, 1.807) is 0 Å². The average molecular weight is 364 g/mol. The number of ether oxygens (including phenoxy) is 1. The van der Waals surface area contributed by atoms with Crippen molar-refractivity contribution in [2.45, 2.75) is 129 Å². The highest BCUT2D eigenvalue weighted by molar-refractivity contribution is 5.78. The zero-order valence-corrected chi connectivity index (χ0v) is 18.0. The van der Waals surface area contributed by atoms with Gasteiger partial charge in [-0.15, -0.1) is 0 Å². The van der Waals surface area contributed by atoms with Crippen LogP contribution in [0.2, 0.25) is 0 Å². The van der Waals surface area contributed by atoms with Gasteiger partial charge in [-0.05, 0) is 46.0 Å². The zero-order chi connectivity index (χ0) is 18.9. The van der Waals surface area contributed by atoms with E-state index in [1.165, 1.54) is 96.3 Å². The summed E-state index contributed by atoms with van der Waals surface area (Å²) in [5.74, 6) is 0.989. The molecule has 2 heteroatoms. The number of unbranched alkanes of at least 4 members (excludes halogenated alkanes) is 13. The van der Waals surface area contributed by atoms with Crippen LogP contribution < -0.4 is 0 Å². The van der Waals surface area contributed by atoms with Gasteiger partial charge in [0.1, 0.15) is 6.61 Å². The van der Waals surface area contributed by atoms with Crippen LogP contribution in [-0.4, -0.2) is 18.0 Å². The van der Waals surface area contributed by atoms with Crippen molar-refractivity contribution in [1.29, 1.82) is 0 Å². The molecule has 0 atom stereocenters. The van der Waals surface area contributed by atoms with Crippen molar-refractivity contribution in [2.24, 2.45) is 4.99 Å². The fraction of sp³-hybridized carbons (Fsp3) is 0.875. The van der Waals surface area contributed by atoms with Gasteiger partial charge in [0.2, 0.25) is 0 Å². The monoisotopic (exact) mass is 363 g/mol. The average Bonchev–Trinajstić information content (AvgIpc) is 2.96. The minimum absolute atomic E-state index is 0.0123. The molecule has 2 nitrogen and oxygen atoms in total. The summed E-state index contributed by atoms with van der Waals surface area (Å²) < 4.78 is 5.64. The van der Waals surface area contributed by atoms with E-state index < -0.39 is 0 Å². The third-order valence-electron chi connectivity index (χ3n) is 5.17. The second-order valence-electron chi connectivity index (χ2n) is 8.65. The lowest BCUT2D eigenvalue weighted by Gasteiger charge is -2.07. The molecule has 0 radical (unpaired) electrons. The van der Waals surface area contributed by atoms with E-state index in [0.717, 1.165) is 18.9 Å². The summed E-state index contributed by atoms with van der Waals surface area (Å²) in [5, 5.41) is 0. The molecular weight excluding hydrogens is 318 g/mol. The van der Waals surface area contributed by atoms with Crippen molar-refractivity contribution < 1.29 is 4.74 Å². The van der Waals surface area contributed by atoms with Crippen LogP contribution in [0.15, 0.2) is 17.1 Å². The Hall–Kier alpha value is -0.790. The molecule has 0 fully saturated rings. The van der Waals surface area contributed by atoms with Crippen LogP contribution in [0.5, 0.6) is 0 Å². The molecule has 1 rings (SSSR count). The minimum atomic E-state index is 0.0123. The standard InChI is InChI=1S/C24H45NO/c1-4-5-6-7-8-9-10-11-12-13-14-15-16-17-18-19-20-21-23-25-24(2,3)22-26-23/h11-12H,4-10,13-22H2,1-3H3/b12-11+. The molecule has 0 spiro atoms. The van der Waals surface area contributed by atoms with Crippen LogP contribution in [0.3, 0.4) is 0 Å². The molecule has 1 heterocycles. The predicted molar refractivity (Wildman–Crippen MR) is 116 cm³/mol. The molecule has 0 aromatic rings. The molecule has 1 aliphatic rings. The molecule has 0 aromatic carbocycles. The van der Waals surface area contributed by atoms with Gasteiger partial charge in [0.05, 0.1) is 5.54 Å². The number of hydrogen-bond donors (Lipinski definition) is 0. The second-order valence-corrected chi connectivity index (χ2v) is 8.65. The molecule has 0 amide bonds. The van der Waals surface area contributed by atoms with Crippen LogP contribution in [0, 0.1) is 0 Å². The van der Waals surface area contributed by atoms with E-state index in [0.29, 0.717) is 0 Å². The van der Waals surface area contributed by atoms with E-state index in [2.05, 4.69) is 37.9 Å². The summed E-state index contributed by atoms with van der Waals surface area (Å²) in [4.78, 5) is 4.62. The lowest BCUT2D eigenvalue weighted by molar-refractivity contribution is 0.273. The summed E-state index contributed by atoms with van der Waals surface area (Å²) in [6.07, 6.45) is 26.3. The summed E-state index contributed by atoms with van der Waals surface area (Å²) in [6, 6.07) is 0. The topological polar surface area (TPSA) is 21.6 Å². The molecule has 0 unspecified atom stereocenters. The zero-order valence-electron chi connectivity index (χ0n) is 18.0. The van der Waals surface area contributed by atoms with Gasteiger partial charge in [-0.2, -0.15) is 0 Å². The van der Waals surface area contributed by atoms with Crippen LogP contribution >= 0.6 is 0 Å². The lowest BCUT2D eigenvalue weighted by atomic mass is 10.1. The first-order valence-electron chi connectivity index (χ1n) is 11.5. The Kier molecular flexibility index (Phi) is 13.7. The Morgan fingerprint density at radius 3 is 1.77 bits per heavy atom. The summed E-state index contributed by atoms with van der Waals surface area (Å²) in [7, 11) is 0. The van der Waals surface area contributed by atoms with Gasteiger partial charge in [-0.1, -0.05) is 83.3 Å². The highest BCUT2D eigenvalue weighted by Crippen LogP contribution is 2.20. The number of allylic oxidation sites excluding steroid dienone is 2. The third kappa shape index (κ3) is 13.4. The molecule has 1 aliphatic heterocycles. The van der Waals surface area contributed by atoms with Crippen LogP contribution in [0.1, 0.15) is 124 Å². The molecule has 0 aromatic heterocycles. The molecular formula is C24H45NO. The normalized spacial score (nSPS) is 16.2. The van der Waals surface area contributed by atoms with Gasteiger partial charge >= 0.3 is 0 Å². The SMILES string of the molecule is CCCCCCCC/C=C/CCCCCCCCCC1=NC(C)(C)CO1. The van der Waals surface area contributed by atoms with Gasteiger partial charge < -0.3 is 4.74 Å². The van der Waals surface area contributed by atoms with E-state index in [9.17, 15) is 0 Å². The quantitative estimate of drug-likeness (QED) is 0.189. The van der Waals surface area contributed by atoms with Crippen LogP contribution in [-0.2, 0) is 4.74 Å². The number of hydrogen-bond acceptors (Lipinski definition) is 2. The molecule has 0 aliphatic carbocycles. The Labute approximate surface area is 163 Å². The Morgan fingerprint density at radius 2 is 1.27 bits per heavy atom. The molecule has 26 heavy (non-hydrogen) atoms. The second kappa shape index (κ2) is 15.3. The number of nitrogens with zero attached hydrogens (tertiary/aromatic N) is 1. The van der Waals surface area contributed by atoms with Crippen molar-refractivity contribution in [3.05, 3.63) is 12.2 Å². The third-order valence-corrected chi connectivity index (χ3v) is 5.17. The highest BCUT2D eigenvalue weighted by atomic mass is 16.5. The van der Waals surface area contributed by atoms with E-state index in [-0.39, 0.29) is 5.54 Å². The maximum absolute atomic E-state index is 5.64. The minimum Gasteiger partial charge on any atom is -0.478 e. The van der Waals surface area contributed by atoms with E-state index >= 15 is 0 Å². The molecule has 152 valence electrons. The van der Waals surface area contributed by atoms with E-state index in [4.69, 9.17) is 4.74 Å². The van der Waals surface area contributed by atoms with Gasteiger partial charge in [-0.3, -0.25) is 0 Å². The summed E-state index contributed by atoms with van der Waals surface area (Å²) in [6.45, 7) is 7.33. The fourth-order valence-corrected chi connectivity index (χ4v) is 3.49. The van der Waals surface area contributed by atoms with Crippen molar-refractivity contribution >= 4 is 5.90 Å². The molecule has 0 N–H and O–H groups in total. The Morgan fingerprint density at radius 1 is 0.769 bits per heavy atom. The Bertz CT molecular complexity index is 384. The van der Waals surface area contributed by atoms with Gasteiger partial charge in [0.25, 0.3) is 0 Å². The Balaban J connectivity index is 1.76. The lowest BCUT2D eigenvalue weighted by Crippen LogP contribution is -2.17. The van der Waals surface area contributed by atoms with Gasteiger partial charge in [0, 0.05) is 6.42 Å². The predicted octanol–water partition coefficient (Wildman–Crippen LogP) is 8.01. The largest absolute Gasteiger partial charge is 0.478 e. The smallest absolute Gasteiger partial charge is 0.183 e. The first kappa shape index (κ1) is 23.2. The summed E-state index contributed by atoms with van der Waals surface area (Å²) in [5.41, 5.74) is 0.0123. The fourth-order valence-electron chi connectivity index (χ4n) is 3.49. The molecule has 0 saturated carbocycles. The number of aliphatic imine (C=N–C) groups is 1. The highest BCUT2D eigenvalue weighted by Gasteiger charge is 2.25. The van der Waals surface area contributed by atoms with Crippen molar-refractivity contribution in [1.82, 2.24) is 0 Å². The first-order valence-corrected chi connectivity index (χ1v) is 11.5. The van der Waals surface area contributed by atoms with Gasteiger partial charge in [-0.25, -0.2) is 4.99 Å². The molecule has 0 saturated heterocycles. The maximum Gasteiger partial charge on any atom is 0.183 e. The maximum atomic E-state index is 5.64. The summed E-state index contributed by atoms with van der Waals surface area (Å²) >= 11 is 0. The van der Waals surface area contributed by atoms with Crippen molar-refractivity contribution in [3.63, 3.8) is 0 Å².